The van der Waals surface area contributed by atoms with Crippen LogP contribution in [0.3, 0.4) is 0 Å². The number of rotatable bonds is 4. The highest BCUT2D eigenvalue weighted by molar-refractivity contribution is 5.92. The number of carbonyl (C=O) groups is 1. The summed E-state index contributed by atoms with van der Waals surface area (Å²) in [6.07, 6.45) is 1.48. The van der Waals surface area contributed by atoms with E-state index in [-0.39, 0.29) is 23.5 Å². The van der Waals surface area contributed by atoms with Crippen LogP contribution in [0.25, 0.3) is 0 Å². The van der Waals surface area contributed by atoms with E-state index in [1.807, 2.05) is 6.07 Å². The summed E-state index contributed by atoms with van der Waals surface area (Å²) in [4.78, 5) is 14.5. The van der Waals surface area contributed by atoms with Gasteiger partial charge in [-0.25, -0.2) is 8.78 Å². The SMILES string of the molecule is O=C(Nc1ccc(F)cc1)C1CCN(Cc2ccccc2F)CC1. The highest BCUT2D eigenvalue weighted by atomic mass is 19.1. The van der Waals surface area contributed by atoms with Crippen LogP contribution in [0, 0.1) is 17.6 Å². The average molecular weight is 330 g/mol. The fourth-order valence-electron chi connectivity index (χ4n) is 3.00. The van der Waals surface area contributed by atoms with Gasteiger partial charge in [-0.3, -0.25) is 9.69 Å². The molecule has 1 heterocycles. The quantitative estimate of drug-likeness (QED) is 0.924. The molecule has 0 aromatic heterocycles. The molecule has 1 saturated heterocycles. The van der Waals surface area contributed by atoms with E-state index < -0.39 is 0 Å². The number of hydrogen-bond acceptors (Lipinski definition) is 2. The van der Waals surface area contributed by atoms with Gasteiger partial charge in [0.05, 0.1) is 0 Å². The van der Waals surface area contributed by atoms with Crippen LogP contribution in [0.4, 0.5) is 14.5 Å². The molecule has 1 fully saturated rings. The molecule has 0 bridgehead atoms. The van der Waals surface area contributed by atoms with Crippen LogP contribution in [0.5, 0.6) is 0 Å². The zero-order chi connectivity index (χ0) is 16.9. The Labute approximate surface area is 140 Å². The van der Waals surface area contributed by atoms with Crippen LogP contribution in [0.2, 0.25) is 0 Å². The minimum absolute atomic E-state index is 0.0350. The predicted octanol–water partition coefficient (Wildman–Crippen LogP) is 3.82. The molecule has 126 valence electrons. The maximum atomic E-state index is 13.7. The summed E-state index contributed by atoms with van der Waals surface area (Å²) in [5, 5.41) is 2.83. The second kappa shape index (κ2) is 7.53. The van der Waals surface area contributed by atoms with E-state index in [1.54, 1.807) is 24.3 Å². The highest BCUT2D eigenvalue weighted by Gasteiger charge is 2.25. The summed E-state index contributed by atoms with van der Waals surface area (Å²) in [7, 11) is 0. The third kappa shape index (κ3) is 4.17. The van der Waals surface area contributed by atoms with Crippen molar-refractivity contribution >= 4 is 11.6 Å². The molecule has 0 aliphatic carbocycles. The number of likely N-dealkylation sites (tertiary alicyclic amines) is 1. The summed E-state index contributed by atoms with van der Waals surface area (Å²) in [6, 6.07) is 12.5. The molecule has 0 radical (unpaired) electrons. The number of hydrogen-bond donors (Lipinski definition) is 1. The van der Waals surface area contributed by atoms with Crippen LogP contribution >= 0.6 is 0 Å². The van der Waals surface area contributed by atoms with Gasteiger partial charge in [0.15, 0.2) is 0 Å². The smallest absolute Gasteiger partial charge is 0.227 e. The fraction of sp³-hybridized carbons (Fsp3) is 0.316. The van der Waals surface area contributed by atoms with E-state index >= 15 is 0 Å². The molecule has 3 nitrogen and oxygen atoms in total. The predicted molar refractivity (Wildman–Crippen MR) is 89.4 cm³/mol. The monoisotopic (exact) mass is 330 g/mol. The number of nitrogens with zero attached hydrogens (tertiary/aromatic N) is 1. The first-order valence-corrected chi connectivity index (χ1v) is 8.14. The van der Waals surface area contributed by atoms with Crippen molar-refractivity contribution in [3.8, 4) is 0 Å². The zero-order valence-electron chi connectivity index (χ0n) is 13.3. The number of halogens is 2. The van der Waals surface area contributed by atoms with Gasteiger partial charge in [-0.1, -0.05) is 18.2 Å². The van der Waals surface area contributed by atoms with Crippen molar-refractivity contribution in [1.29, 1.82) is 0 Å². The summed E-state index contributed by atoms with van der Waals surface area (Å²) in [6.45, 7) is 2.09. The van der Waals surface area contributed by atoms with Gasteiger partial charge in [-0.15, -0.1) is 0 Å². The van der Waals surface area contributed by atoms with Gasteiger partial charge >= 0.3 is 0 Å². The minimum atomic E-state index is -0.325. The minimum Gasteiger partial charge on any atom is -0.326 e. The van der Waals surface area contributed by atoms with Gasteiger partial charge in [-0.05, 0) is 56.3 Å². The van der Waals surface area contributed by atoms with Gasteiger partial charge in [0, 0.05) is 23.7 Å². The second-order valence-electron chi connectivity index (χ2n) is 6.14. The number of benzene rings is 2. The third-order valence-corrected chi connectivity index (χ3v) is 4.42. The molecule has 1 aliphatic heterocycles. The lowest BCUT2D eigenvalue weighted by atomic mass is 9.95. The molecule has 2 aromatic carbocycles. The Kier molecular flexibility index (Phi) is 5.20. The van der Waals surface area contributed by atoms with Gasteiger partial charge in [-0.2, -0.15) is 0 Å². The lowest BCUT2D eigenvalue weighted by Crippen LogP contribution is -2.37. The standard InChI is InChI=1S/C19H20F2N2O/c20-16-5-7-17(8-6-16)22-19(24)14-9-11-23(12-10-14)13-15-3-1-2-4-18(15)21/h1-8,14H,9-13H2,(H,22,24). The molecule has 0 atom stereocenters. The van der Waals surface area contributed by atoms with E-state index in [4.69, 9.17) is 0 Å². The normalized spacial score (nSPS) is 16.1. The van der Waals surface area contributed by atoms with E-state index in [0.717, 1.165) is 25.9 Å². The fourth-order valence-corrected chi connectivity index (χ4v) is 3.00. The van der Waals surface area contributed by atoms with Crippen LogP contribution in [-0.2, 0) is 11.3 Å². The summed E-state index contributed by atoms with van der Waals surface area (Å²) in [5.41, 5.74) is 1.29. The van der Waals surface area contributed by atoms with Gasteiger partial charge in [0.2, 0.25) is 5.91 Å². The zero-order valence-corrected chi connectivity index (χ0v) is 13.3. The van der Waals surface area contributed by atoms with Crippen LogP contribution < -0.4 is 5.32 Å². The number of amides is 1. The Morgan fingerprint density at radius 3 is 2.38 bits per heavy atom. The number of nitrogens with one attached hydrogen (secondary N) is 1. The summed E-state index contributed by atoms with van der Waals surface area (Å²) >= 11 is 0. The number of piperidine rings is 1. The van der Waals surface area contributed by atoms with Gasteiger partial charge in [0.1, 0.15) is 11.6 Å². The number of anilines is 1. The Hall–Kier alpha value is -2.27. The largest absolute Gasteiger partial charge is 0.326 e. The Balaban J connectivity index is 1.50. The maximum absolute atomic E-state index is 13.7. The molecule has 1 N–H and O–H groups in total. The lowest BCUT2D eigenvalue weighted by Gasteiger charge is -2.31. The molecule has 3 rings (SSSR count). The van der Waals surface area contributed by atoms with E-state index in [9.17, 15) is 13.6 Å². The van der Waals surface area contributed by atoms with E-state index in [2.05, 4.69) is 10.2 Å². The first kappa shape index (κ1) is 16.6. The van der Waals surface area contributed by atoms with Crippen LogP contribution in [0.1, 0.15) is 18.4 Å². The highest BCUT2D eigenvalue weighted by Crippen LogP contribution is 2.21. The van der Waals surface area contributed by atoms with E-state index in [0.29, 0.717) is 17.8 Å². The van der Waals surface area contributed by atoms with Crippen molar-refractivity contribution in [2.75, 3.05) is 18.4 Å². The van der Waals surface area contributed by atoms with E-state index in [1.165, 1.54) is 18.2 Å². The third-order valence-electron chi connectivity index (χ3n) is 4.42. The second-order valence-corrected chi connectivity index (χ2v) is 6.14. The van der Waals surface area contributed by atoms with Crippen molar-refractivity contribution < 1.29 is 13.6 Å². The molecule has 0 spiro atoms. The summed E-state index contributed by atoms with van der Waals surface area (Å²) < 4.78 is 26.6. The average Bonchev–Trinajstić information content (AvgIpc) is 2.59. The summed E-state index contributed by atoms with van der Waals surface area (Å²) in [5.74, 6) is -0.609. The number of carbonyl (C=O) groups excluding carboxylic acids is 1. The molecule has 1 aliphatic rings. The van der Waals surface area contributed by atoms with Crippen molar-refractivity contribution in [1.82, 2.24) is 4.90 Å². The Morgan fingerprint density at radius 1 is 1.04 bits per heavy atom. The van der Waals surface area contributed by atoms with Crippen molar-refractivity contribution in [2.24, 2.45) is 5.92 Å². The topological polar surface area (TPSA) is 32.3 Å². The molecule has 2 aromatic rings. The molecule has 1 amide bonds. The Morgan fingerprint density at radius 2 is 1.71 bits per heavy atom. The van der Waals surface area contributed by atoms with Gasteiger partial charge in [0.25, 0.3) is 0 Å². The maximum Gasteiger partial charge on any atom is 0.227 e. The Bertz CT molecular complexity index is 695. The van der Waals surface area contributed by atoms with Crippen molar-refractivity contribution in [3.05, 3.63) is 65.7 Å². The molecule has 5 heteroatoms. The molecular formula is C19H20F2N2O. The lowest BCUT2D eigenvalue weighted by molar-refractivity contribution is -0.121. The van der Waals surface area contributed by atoms with Crippen molar-refractivity contribution in [2.45, 2.75) is 19.4 Å². The molecule has 0 saturated carbocycles. The molecule has 0 unspecified atom stereocenters. The van der Waals surface area contributed by atoms with Crippen LogP contribution in [-0.4, -0.2) is 23.9 Å². The molecular weight excluding hydrogens is 310 g/mol. The first-order chi connectivity index (χ1) is 11.6. The van der Waals surface area contributed by atoms with Crippen molar-refractivity contribution in [3.63, 3.8) is 0 Å². The molecule has 24 heavy (non-hydrogen) atoms. The van der Waals surface area contributed by atoms with Gasteiger partial charge < -0.3 is 5.32 Å². The van der Waals surface area contributed by atoms with Crippen LogP contribution in [0.15, 0.2) is 48.5 Å². The first-order valence-electron chi connectivity index (χ1n) is 8.14.